The van der Waals surface area contributed by atoms with Crippen LogP contribution in [0.3, 0.4) is 0 Å². The third kappa shape index (κ3) is 3.16. The van der Waals surface area contributed by atoms with Gasteiger partial charge in [-0.05, 0) is 5.41 Å². The first-order valence-corrected chi connectivity index (χ1v) is 4.48. The SMILES string of the molecule is CC1(C)CNCCC(=S)NC1. The average Bonchev–Trinajstić information content (AvgIpc) is 1.92. The van der Waals surface area contributed by atoms with Gasteiger partial charge in [0.2, 0.25) is 0 Å². The maximum atomic E-state index is 5.10. The van der Waals surface area contributed by atoms with Gasteiger partial charge in [-0.3, -0.25) is 0 Å². The van der Waals surface area contributed by atoms with Crippen LogP contribution in [0.4, 0.5) is 0 Å². The molecule has 0 amide bonds. The van der Waals surface area contributed by atoms with Crippen LogP contribution in [0, 0.1) is 5.41 Å². The Morgan fingerprint density at radius 1 is 1.36 bits per heavy atom. The van der Waals surface area contributed by atoms with Crippen LogP contribution in [0.5, 0.6) is 0 Å². The molecular formula is C8H16N2S. The van der Waals surface area contributed by atoms with Gasteiger partial charge in [0.25, 0.3) is 0 Å². The van der Waals surface area contributed by atoms with E-state index >= 15 is 0 Å². The number of hydrogen-bond donors (Lipinski definition) is 2. The molecule has 0 saturated carbocycles. The van der Waals surface area contributed by atoms with Crippen molar-refractivity contribution in [1.82, 2.24) is 10.6 Å². The molecule has 0 aliphatic carbocycles. The van der Waals surface area contributed by atoms with Crippen LogP contribution in [-0.2, 0) is 0 Å². The molecule has 1 heterocycles. The zero-order valence-electron chi connectivity index (χ0n) is 7.24. The van der Waals surface area contributed by atoms with Gasteiger partial charge in [0.1, 0.15) is 0 Å². The minimum absolute atomic E-state index is 0.324. The van der Waals surface area contributed by atoms with Gasteiger partial charge in [-0.2, -0.15) is 0 Å². The van der Waals surface area contributed by atoms with Crippen LogP contribution >= 0.6 is 12.2 Å². The molecule has 64 valence electrons. The minimum Gasteiger partial charge on any atom is -0.379 e. The Balaban J connectivity index is 2.44. The molecule has 1 rings (SSSR count). The molecular weight excluding hydrogens is 156 g/mol. The molecule has 1 saturated heterocycles. The van der Waals surface area contributed by atoms with Gasteiger partial charge in [-0.25, -0.2) is 0 Å². The lowest BCUT2D eigenvalue weighted by Gasteiger charge is -2.28. The maximum Gasteiger partial charge on any atom is 0.0766 e. The van der Waals surface area contributed by atoms with E-state index in [0.717, 1.165) is 31.0 Å². The van der Waals surface area contributed by atoms with Crippen molar-refractivity contribution in [3.8, 4) is 0 Å². The molecule has 3 heteroatoms. The Kier molecular flexibility index (Phi) is 2.84. The summed E-state index contributed by atoms with van der Waals surface area (Å²) in [6.45, 7) is 7.54. The summed E-state index contributed by atoms with van der Waals surface area (Å²) >= 11 is 5.10. The molecule has 0 unspecified atom stereocenters. The molecule has 0 aromatic rings. The molecule has 11 heavy (non-hydrogen) atoms. The zero-order chi connectivity index (χ0) is 8.32. The maximum absolute atomic E-state index is 5.10. The summed E-state index contributed by atoms with van der Waals surface area (Å²) < 4.78 is 0. The van der Waals surface area contributed by atoms with Gasteiger partial charge in [-0.1, -0.05) is 26.1 Å². The van der Waals surface area contributed by atoms with Gasteiger partial charge in [0.15, 0.2) is 0 Å². The molecule has 0 aromatic carbocycles. The van der Waals surface area contributed by atoms with Gasteiger partial charge in [0, 0.05) is 26.1 Å². The van der Waals surface area contributed by atoms with Crippen LogP contribution in [-0.4, -0.2) is 24.6 Å². The summed E-state index contributed by atoms with van der Waals surface area (Å²) in [7, 11) is 0. The Bertz CT molecular complexity index is 154. The second-order valence-corrected chi connectivity index (χ2v) is 4.36. The third-order valence-electron chi connectivity index (χ3n) is 1.90. The summed E-state index contributed by atoms with van der Waals surface area (Å²) in [4.78, 5) is 0.991. The standard InChI is InChI=1S/C8H16N2S/c1-8(2)5-9-4-3-7(11)10-6-8/h9H,3-6H2,1-2H3,(H,10,11). The van der Waals surface area contributed by atoms with E-state index in [0.29, 0.717) is 5.41 Å². The van der Waals surface area contributed by atoms with E-state index in [2.05, 4.69) is 24.5 Å². The highest BCUT2D eigenvalue weighted by molar-refractivity contribution is 7.80. The first-order chi connectivity index (χ1) is 5.10. The lowest BCUT2D eigenvalue weighted by Crippen LogP contribution is -2.43. The molecule has 0 radical (unpaired) electrons. The van der Waals surface area contributed by atoms with Crippen LogP contribution < -0.4 is 10.6 Å². The van der Waals surface area contributed by atoms with E-state index in [1.165, 1.54) is 0 Å². The first-order valence-electron chi connectivity index (χ1n) is 4.08. The molecule has 1 fully saturated rings. The number of hydrogen-bond acceptors (Lipinski definition) is 2. The molecule has 0 aromatic heterocycles. The monoisotopic (exact) mass is 172 g/mol. The molecule has 0 bridgehead atoms. The molecule has 2 N–H and O–H groups in total. The minimum atomic E-state index is 0.324. The van der Waals surface area contributed by atoms with Gasteiger partial charge in [0.05, 0.1) is 4.99 Å². The van der Waals surface area contributed by atoms with Crippen LogP contribution in [0.15, 0.2) is 0 Å². The van der Waals surface area contributed by atoms with Gasteiger partial charge in [-0.15, -0.1) is 0 Å². The topological polar surface area (TPSA) is 24.1 Å². The molecule has 1 aliphatic rings. The van der Waals surface area contributed by atoms with E-state index < -0.39 is 0 Å². The van der Waals surface area contributed by atoms with Crippen LogP contribution in [0.1, 0.15) is 20.3 Å². The molecule has 1 aliphatic heterocycles. The van der Waals surface area contributed by atoms with Crippen LogP contribution in [0.25, 0.3) is 0 Å². The predicted molar refractivity (Wildman–Crippen MR) is 51.9 cm³/mol. The fourth-order valence-corrected chi connectivity index (χ4v) is 1.29. The van der Waals surface area contributed by atoms with E-state index in [1.54, 1.807) is 0 Å². The lowest BCUT2D eigenvalue weighted by molar-refractivity contribution is 0.334. The van der Waals surface area contributed by atoms with Crippen molar-refractivity contribution in [1.29, 1.82) is 0 Å². The normalized spacial score (nSPS) is 25.1. The average molecular weight is 172 g/mol. The Morgan fingerprint density at radius 3 is 2.82 bits per heavy atom. The Hall–Kier alpha value is -0.150. The van der Waals surface area contributed by atoms with E-state index in [9.17, 15) is 0 Å². The van der Waals surface area contributed by atoms with Crippen molar-refractivity contribution < 1.29 is 0 Å². The van der Waals surface area contributed by atoms with E-state index in [-0.39, 0.29) is 0 Å². The van der Waals surface area contributed by atoms with Gasteiger partial charge < -0.3 is 10.6 Å². The van der Waals surface area contributed by atoms with Crippen molar-refractivity contribution >= 4 is 17.2 Å². The second kappa shape index (κ2) is 3.50. The molecule has 0 spiro atoms. The highest BCUT2D eigenvalue weighted by Gasteiger charge is 2.19. The summed E-state index contributed by atoms with van der Waals surface area (Å²) in [6.07, 6.45) is 0.978. The predicted octanol–water partition coefficient (Wildman–Crippen LogP) is 0.923. The second-order valence-electron chi connectivity index (χ2n) is 3.87. The summed E-state index contributed by atoms with van der Waals surface area (Å²) in [5.41, 5.74) is 0.324. The number of nitrogens with one attached hydrogen (secondary N) is 2. The molecule has 0 atom stereocenters. The van der Waals surface area contributed by atoms with Crippen molar-refractivity contribution in [2.24, 2.45) is 5.41 Å². The van der Waals surface area contributed by atoms with Crippen molar-refractivity contribution in [3.63, 3.8) is 0 Å². The van der Waals surface area contributed by atoms with E-state index in [4.69, 9.17) is 12.2 Å². The summed E-state index contributed by atoms with van der Waals surface area (Å²) in [6, 6.07) is 0. The first kappa shape index (κ1) is 8.94. The smallest absolute Gasteiger partial charge is 0.0766 e. The number of thiocarbonyl (C=S) groups is 1. The largest absolute Gasteiger partial charge is 0.379 e. The Morgan fingerprint density at radius 2 is 2.09 bits per heavy atom. The highest BCUT2D eigenvalue weighted by atomic mass is 32.1. The summed E-state index contributed by atoms with van der Waals surface area (Å²) in [5, 5.41) is 6.65. The van der Waals surface area contributed by atoms with E-state index in [1.807, 2.05) is 0 Å². The number of rotatable bonds is 0. The fourth-order valence-electron chi connectivity index (χ4n) is 1.12. The van der Waals surface area contributed by atoms with Crippen LogP contribution in [0.2, 0.25) is 0 Å². The summed E-state index contributed by atoms with van der Waals surface area (Å²) in [5.74, 6) is 0. The van der Waals surface area contributed by atoms with Gasteiger partial charge >= 0.3 is 0 Å². The highest BCUT2D eigenvalue weighted by Crippen LogP contribution is 2.12. The third-order valence-corrected chi connectivity index (χ3v) is 2.24. The fraction of sp³-hybridized carbons (Fsp3) is 0.875. The zero-order valence-corrected chi connectivity index (χ0v) is 8.05. The quantitative estimate of drug-likeness (QED) is 0.531. The lowest BCUT2D eigenvalue weighted by atomic mass is 9.93. The van der Waals surface area contributed by atoms with Crippen molar-refractivity contribution in [2.45, 2.75) is 20.3 Å². The van der Waals surface area contributed by atoms with Crippen molar-refractivity contribution in [2.75, 3.05) is 19.6 Å². The molecule has 2 nitrogen and oxygen atoms in total. The van der Waals surface area contributed by atoms with Crippen molar-refractivity contribution in [3.05, 3.63) is 0 Å². The Labute approximate surface area is 73.7 Å².